The second-order valence-electron chi connectivity index (χ2n) is 4.30. The van der Waals surface area contributed by atoms with Crippen LogP contribution in [0.3, 0.4) is 0 Å². The summed E-state index contributed by atoms with van der Waals surface area (Å²) in [6.07, 6.45) is 1.76. The SMILES string of the molecule is CCCc1ccc(S(=O)(=O)C(N)(CN)C(=O)O)cc1. The Morgan fingerprint density at radius 2 is 1.84 bits per heavy atom. The van der Waals surface area contributed by atoms with E-state index in [-0.39, 0.29) is 4.90 Å². The summed E-state index contributed by atoms with van der Waals surface area (Å²) in [6.45, 7) is 1.32. The first kappa shape index (κ1) is 15.6. The number of hydrogen-bond acceptors (Lipinski definition) is 5. The van der Waals surface area contributed by atoms with Crippen LogP contribution in [-0.4, -0.2) is 30.9 Å². The molecule has 7 heteroatoms. The van der Waals surface area contributed by atoms with E-state index < -0.39 is 27.2 Å². The third-order valence-electron chi connectivity index (χ3n) is 2.92. The van der Waals surface area contributed by atoms with Gasteiger partial charge >= 0.3 is 5.97 Å². The molecule has 0 heterocycles. The molecular weight excluding hydrogens is 268 g/mol. The first-order valence-electron chi connectivity index (χ1n) is 5.85. The van der Waals surface area contributed by atoms with Crippen LogP contribution in [0.25, 0.3) is 0 Å². The van der Waals surface area contributed by atoms with Gasteiger partial charge in [-0.1, -0.05) is 25.5 Å². The average Bonchev–Trinajstić information content (AvgIpc) is 2.38. The van der Waals surface area contributed by atoms with Gasteiger partial charge in [0, 0.05) is 6.54 Å². The molecule has 0 spiro atoms. The first-order chi connectivity index (χ1) is 8.79. The number of aryl methyl sites for hydroxylation is 1. The minimum Gasteiger partial charge on any atom is -0.479 e. The van der Waals surface area contributed by atoms with Gasteiger partial charge in [0.1, 0.15) is 0 Å². The molecule has 0 aliphatic rings. The molecule has 1 rings (SSSR count). The van der Waals surface area contributed by atoms with Gasteiger partial charge in [-0.3, -0.25) is 0 Å². The van der Waals surface area contributed by atoms with E-state index in [4.69, 9.17) is 16.6 Å². The molecule has 6 nitrogen and oxygen atoms in total. The second-order valence-corrected chi connectivity index (χ2v) is 6.50. The van der Waals surface area contributed by atoms with E-state index in [9.17, 15) is 13.2 Å². The van der Waals surface area contributed by atoms with E-state index in [1.165, 1.54) is 12.1 Å². The molecule has 19 heavy (non-hydrogen) atoms. The summed E-state index contributed by atoms with van der Waals surface area (Å²) in [5.74, 6) is -1.66. The summed E-state index contributed by atoms with van der Waals surface area (Å²) in [5, 5.41) is 8.98. The fourth-order valence-electron chi connectivity index (χ4n) is 1.65. The van der Waals surface area contributed by atoms with Crippen LogP contribution in [0.5, 0.6) is 0 Å². The molecule has 0 aromatic heterocycles. The molecule has 0 saturated carbocycles. The number of rotatable bonds is 6. The lowest BCUT2D eigenvalue weighted by atomic mass is 10.1. The smallest absolute Gasteiger partial charge is 0.341 e. The molecule has 0 bridgehead atoms. The van der Waals surface area contributed by atoms with Gasteiger partial charge in [0.05, 0.1) is 4.90 Å². The molecule has 5 N–H and O–H groups in total. The molecule has 0 fully saturated rings. The van der Waals surface area contributed by atoms with Crippen LogP contribution in [0.1, 0.15) is 18.9 Å². The molecular formula is C12H18N2O4S. The predicted molar refractivity (Wildman–Crippen MR) is 71.2 cm³/mol. The topological polar surface area (TPSA) is 123 Å². The number of nitrogens with two attached hydrogens (primary N) is 2. The Hall–Kier alpha value is -1.44. The molecule has 0 radical (unpaired) electrons. The summed E-state index contributed by atoms with van der Waals surface area (Å²) >= 11 is 0. The van der Waals surface area contributed by atoms with Crippen molar-refractivity contribution in [3.63, 3.8) is 0 Å². The van der Waals surface area contributed by atoms with Gasteiger partial charge < -0.3 is 16.6 Å². The first-order valence-corrected chi connectivity index (χ1v) is 7.33. The average molecular weight is 286 g/mol. The van der Waals surface area contributed by atoms with E-state index >= 15 is 0 Å². The van der Waals surface area contributed by atoms with Crippen molar-refractivity contribution in [3.8, 4) is 0 Å². The fraction of sp³-hybridized carbons (Fsp3) is 0.417. The number of aliphatic carboxylic acids is 1. The highest BCUT2D eigenvalue weighted by molar-refractivity contribution is 7.93. The normalized spacial score (nSPS) is 14.9. The predicted octanol–water partition coefficient (Wildman–Crippen LogP) is 0.111. The highest BCUT2D eigenvalue weighted by atomic mass is 32.2. The Bertz CT molecular complexity index is 554. The van der Waals surface area contributed by atoms with Gasteiger partial charge in [0.2, 0.25) is 14.7 Å². The monoisotopic (exact) mass is 286 g/mol. The molecule has 106 valence electrons. The molecule has 1 aromatic carbocycles. The Morgan fingerprint density at radius 1 is 1.32 bits per heavy atom. The summed E-state index contributed by atoms with van der Waals surface area (Å²) < 4.78 is 24.4. The molecule has 1 aromatic rings. The van der Waals surface area contributed by atoms with E-state index in [1.54, 1.807) is 12.1 Å². The minimum absolute atomic E-state index is 0.136. The summed E-state index contributed by atoms with van der Waals surface area (Å²) in [4.78, 5) is 8.42. The lowest BCUT2D eigenvalue weighted by Gasteiger charge is -2.22. The van der Waals surface area contributed by atoms with Gasteiger partial charge in [-0.15, -0.1) is 0 Å². The highest BCUT2D eigenvalue weighted by Gasteiger charge is 2.47. The van der Waals surface area contributed by atoms with Crippen LogP contribution in [0, 0.1) is 0 Å². The number of hydrogen-bond donors (Lipinski definition) is 3. The number of benzene rings is 1. The van der Waals surface area contributed by atoms with Crippen molar-refractivity contribution < 1.29 is 18.3 Å². The maximum atomic E-state index is 12.2. The number of carboxylic acid groups (broad SMARTS) is 1. The van der Waals surface area contributed by atoms with Crippen molar-refractivity contribution in [3.05, 3.63) is 29.8 Å². The lowest BCUT2D eigenvalue weighted by Crippen LogP contribution is -2.59. The third-order valence-corrected chi connectivity index (χ3v) is 5.11. The second kappa shape index (κ2) is 5.68. The minimum atomic E-state index is -4.23. The van der Waals surface area contributed by atoms with Gasteiger partial charge in [-0.05, 0) is 24.1 Å². The van der Waals surface area contributed by atoms with Crippen LogP contribution in [0.2, 0.25) is 0 Å². The Kier molecular flexibility index (Phi) is 4.67. The summed E-state index contributed by atoms with van der Waals surface area (Å²) in [6, 6.07) is 6.02. The van der Waals surface area contributed by atoms with Crippen molar-refractivity contribution in [1.29, 1.82) is 0 Å². The van der Waals surface area contributed by atoms with Gasteiger partial charge in [-0.25, -0.2) is 13.2 Å². The summed E-state index contributed by atoms with van der Waals surface area (Å²) in [7, 11) is -4.23. The van der Waals surface area contributed by atoms with Crippen molar-refractivity contribution in [1.82, 2.24) is 0 Å². The Labute approximate surface area is 112 Å². The van der Waals surface area contributed by atoms with Crippen LogP contribution in [-0.2, 0) is 21.1 Å². The zero-order valence-corrected chi connectivity index (χ0v) is 11.5. The van der Waals surface area contributed by atoms with Crippen LogP contribution < -0.4 is 11.5 Å². The zero-order chi connectivity index (χ0) is 14.7. The number of carboxylic acids is 1. The lowest BCUT2D eigenvalue weighted by molar-refractivity contribution is -0.139. The van der Waals surface area contributed by atoms with Crippen LogP contribution in [0.4, 0.5) is 0 Å². The molecule has 0 aliphatic carbocycles. The van der Waals surface area contributed by atoms with E-state index in [0.717, 1.165) is 18.4 Å². The number of sulfone groups is 1. The van der Waals surface area contributed by atoms with E-state index in [1.807, 2.05) is 6.92 Å². The standard InChI is InChI=1S/C12H18N2O4S/c1-2-3-9-4-6-10(7-5-9)19(17,18)12(14,8-13)11(15)16/h4-7H,2-3,8,13-14H2,1H3,(H,15,16). The van der Waals surface area contributed by atoms with Crippen molar-refractivity contribution in [2.45, 2.75) is 29.5 Å². The molecule has 0 aliphatic heterocycles. The molecule has 0 saturated heterocycles. The zero-order valence-electron chi connectivity index (χ0n) is 10.7. The molecule has 1 unspecified atom stereocenters. The van der Waals surface area contributed by atoms with E-state index in [2.05, 4.69) is 0 Å². The number of carbonyl (C=O) groups is 1. The Balaban J connectivity index is 3.23. The van der Waals surface area contributed by atoms with Gasteiger partial charge in [0.15, 0.2) is 0 Å². The quantitative estimate of drug-likeness (QED) is 0.682. The van der Waals surface area contributed by atoms with Crippen LogP contribution in [0.15, 0.2) is 29.2 Å². The fourth-order valence-corrected chi connectivity index (χ4v) is 3.01. The van der Waals surface area contributed by atoms with Crippen molar-refractivity contribution in [2.24, 2.45) is 11.5 Å². The maximum absolute atomic E-state index is 12.2. The molecule has 0 amide bonds. The third kappa shape index (κ3) is 2.78. The van der Waals surface area contributed by atoms with Crippen molar-refractivity contribution in [2.75, 3.05) is 6.54 Å². The molecule has 1 atom stereocenters. The highest BCUT2D eigenvalue weighted by Crippen LogP contribution is 2.22. The van der Waals surface area contributed by atoms with Crippen LogP contribution >= 0.6 is 0 Å². The van der Waals surface area contributed by atoms with E-state index in [0.29, 0.717) is 0 Å². The van der Waals surface area contributed by atoms with Crippen molar-refractivity contribution >= 4 is 15.8 Å². The largest absolute Gasteiger partial charge is 0.479 e. The Morgan fingerprint density at radius 3 is 2.21 bits per heavy atom. The summed E-state index contributed by atoms with van der Waals surface area (Å²) in [5.41, 5.74) is 11.6. The van der Waals surface area contributed by atoms with Gasteiger partial charge in [-0.2, -0.15) is 0 Å². The maximum Gasteiger partial charge on any atom is 0.341 e. The van der Waals surface area contributed by atoms with Gasteiger partial charge in [0.25, 0.3) is 0 Å².